The quantitative estimate of drug-likeness (QED) is 0.235. The average molecular weight is 826 g/mol. The van der Waals surface area contributed by atoms with Crippen LogP contribution in [0.1, 0.15) is 44.1 Å². The molecule has 14 nitrogen and oxygen atoms in total. The zero-order valence-corrected chi connectivity index (χ0v) is 32.2. The molecule has 276 valence electrons. The third-order valence-corrected chi connectivity index (χ3v) is 13.1. The van der Waals surface area contributed by atoms with E-state index in [9.17, 15) is 18.8 Å². The van der Waals surface area contributed by atoms with Crippen molar-refractivity contribution in [3.05, 3.63) is 67.1 Å². The lowest BCUT2D eigenvalue weighted by molar-refractivity contribution is -0.0293. The van der Waals surface area contributed by atoms with E-state index >= 15 is 0 Å². The van der Waals surface area contributed by atoms with Gasteiger partial charge in [-0.25, -0.2) is 33.2 Å². The Morgan fingerprint density at radius 1 is 0.804 bits per heavy atom. The summed E-state index contributed by atoms with van der Waals surface area (Å²) < 4.78 is 28.3. The van der Waals surface area contributed by atoms with Crippen LogP contribution in [-0.4, -0.2) is 95.7 Å². The molecule has 5 aliphatic rings. The third-order valence-electron chi connectivity index (χ3n) is 9.70. The number of alkyl halides is 1. The molecule has 0 spiro atoms. The minimum Gasteiger partial charge on any atom is -0.373 e. The zero-order chi connectivity index (χ0) is 35.3. The zero-order valence-electron chi connectivity index (χ0n) is 28.2. The van der Waals surface area contributed by atoms with Crippen molar-refractivity contribution in [1.82, 2.24) is 48.4 Å². The molecule has 4 aromatic rings. The van der Waals surface area contributed by atoms with E-state index in [4.69, 9.17) is 4.74 Å². The Morgan fingerprint density at radius 2 is 1.39 bits per heavy atom. The molecule has 2 unspecified atom stereocenters. The number of aryl methyl sites for hydroxylation is 2. The molecule has 19 heteroatoms. The molecule has 8 heterocycles. The molecular formula is C32H42BrFN10O4S3. The van der Waals surface area contributed by atoms with E-state index in [0.717, 1.165) is 89.9 Å². The average Bonchev–Trinajstić information content (AvgIpc) is 4.00. The van der Waals surface area contributed by atoms with Crippen LogP contribution in [0.2, 0.25) is 0 Å². The Kier molecular flexibility index (Phi) is 12.3. The van der Waals surface area contributed by atoms with Crippen molar-refractivity contribution in [3.63, 3.8) is 0 Å². The number of ether oxygens (including phenoxy) is 1. The van der Waals surface area contributed by atoms with Gasteiger partial charge in [-0.05, 0) is 44.6 Å². The maximum absolute atomic E-state index is 13.8. The van der Waals surface area contributed by atoms with Gasteiger partial charge >= 0.3 is 17.1 Å². The number of H-pyrrole nitrogens is 1. The summed E-state index contributed by atoms with van der Waals surface area (Å²) in [7, 11) is 0. The molecule has 3 aromatic heterocycles. The van der Waals surface area contributed by atoms with E-state index in [1.165, 1.54) is 18.9 Å². The molecule has 51 heavy (non-hydrogen) atoms. The SMILES string of the molecule is O=c1[nH]nc2n1CCS2.O=c1n(CCCBr)nc2n1CCS2.O=c1n(CCCN2C3CCC2CC(OCc2ccccc2F)C3)nc2n1CCS2. The van der Waals surface area contributed by atoms with Gasteiger partial charge < -0.3 is 4.74 Å². The number of piperidine rings is 1. The molecule has 0 saturated carbocycles. The fraction of sp³-hybridized carbons (Fsp3) is 0.625. The molecule has 1 aromatic carbocycles. The number of nitrogens with one attached hydrogen (secondary N) is 1. The molecule has 0 radical (unpaired) electrons. The molecule has 9 rings (SSSR count). The number of halogens is 2. The Morgan fingerprint density at radius 3 is 1.98 bits per heavy atom. The Bertz CT molecular complexity index is 1960. The van der Waals surface area contributed by atoms with Crippen molar-refractivity contribution in [2.45, 2.75) is 112 Å². The highest BCUT2D eigenvalue weighted by Gasteiger charge is 2.40. The summed E-state index contributed by atoms with van der Waals surface area (Å²) in [6.45, 7) is 5.14. The van der Waals surface area contributed by atoms with Crippen molar-refractivity contribution in [3.8, 4) is 0 Å². The summed E-state index contributed by atoms with van der Waals surface area (Å²) in [5.41, 5.74) is 0.627. The maximum Gasteiger partial charge on any atom is 0.346 e. The van der Waals surface area contributed by atoms with Crippen molar-refractivity contribution in [2.24, 2.45) is 0 Å². The normalized spacial score (nSPS) is 21.5. The number of fused-ring (bicyclic) bond motifs is 5. The lowest BCUT2D eigenvalue weighted by Gasteiger charge is -2.38. The number of hydrogen-bond acceptors (Lipinski definition) is 11. The number of rotatable bonds is 10. The molecule has 2 fully saturated rings. The van der Waals surface area contributed by atoms with Gasteiger partial charge in [-0.15, -0.1) is 15.3 Å². The van der Waals surface area contributed by atoms with Gasteiger partial charge in [0.1, 0.15) is 5.82 Å². The first kappa shape index (κ1) is 36.8. The minimum atomic E-state index is -0.188. The minimum absolute atomic E-state index is 0.0354. The monoisotopic (exact) mass is 824 g/mol. The molecule has 1 N–H and O–H groups in total. The van der Waals surface area contributed by atoms with Crippen molar-refractivity contribution in [2.75, 3.05) is 29.1 Å². The first-order valence-corrected chi connectivity index (χ1v) is 21.5. The summed E-state index contributed by atoms with van der Waals surface area (Å²) in [5.74, 6) is 2.73. The number of aromatic nitrogens is 9. The molecule has 0 amide bonds. The van der Waals surface area contributed by atoms with E-state index in [-0.39, 0.29) is 29.0 Å². The van der Waals surface area contributed by atoms with Crippen LogP contribution in [0.5, 0.6) is 0 Å². The summed E-state index contributed by atoms with van der Waals surface area (Å²) in [6, 6.07) is 7.93. The number of hydrogen-bond donors (Lipinski definition) is 1. The van der Waals surface area contributed by atoms with Gasteiger partial charge in [-0.1, -0.05) is 69.4 Å². The Hall–Kier alpha value is -2.58. The molecule has 0 aliphatic carbocycles. The summed E-state index contributed by atoms with van der Waals surface area (Å²) >= 11 is 8.26. The van der Waals surface area contributed by atoms with Crippen LogP contribution >= 0.6 is 51.2 Å². The van der Waals surface area contributed by atoms with Gasteiger partial charge in [-0.3, -0.25) is 18.6 Å². The van der Waals surface area contributed by atoms with Crippen molar-refractivity contribution < 1.29 is 9.13 Å². The van der Waals surface area contributed by atoms with Crippen LogP contribution < -0.4 is 17.1 Å². The summed E-state index contributed by atoms with van der Waals surface area (Å²) in [6.07, 6.45) is 6.54. The van der Waals surface area contributed by atoms with Crippen molar-refractivity contribution in [1.29, 1.82) is 0 Å². The fourth-order valence-corrected chi connectivity index (χ4v) is 10.2. The largest absolute Gasteiger partial charge is 0.373 e. The lowest BCUT2D eigenvalue weighted by atomic mass is 9.99. The number of aromatic amines is 1. The van der Waals surface area contributed by atoms with Crippen molar-refractivity contribution >= 4 is 51.2 Å². The van der Waals surface area contributed by atoms with Crippen LogP contribution in [0.3, 0.4) is 0 Å². The van der Waals surface area contributed by atoms with Gasteiger partial charge in [0.05, 0.1) is 12.7 Å². The predicted molar refractivity (Wildman–Crippen MR) is 199 cm³/mol. The smallest absolute Gasteiger partial charge is 0.346 e. The molecule has 2 bridgehead atoms. The lowest BCUT2D eigenvalue weighted by Crippen LogP contribution is -2.46. The van der Waals surface area contributed by atoms with Gasteiger partial charge in [0.2, 0.25) is 0 Å². The second-order valence-electron chi connectivity index (χ2n) is 12.9. The van der Waals surface area contributed by atoms with E-state index in [2.05, 4.69) is 41.2 Å². The highest BCUT2D eigenvalue weighted by atomic mass is 79.9. The Balaban J connectivity index is 0.000000150. The van der Waals surface area contributed by atoms with Crippen LogP contribution in [-0.2, 0) is 44.1 Å². The number of thioether (sulfide) groups is 3. The van der Waals surface area contributed by atoms with E-state index in [1.807, 2.05) is 6.07 Å². The highest BCUT2D eigenvalue weighted by Crippen LogP contribution is 2.37. The Labute approximate surface area is 315 Å². The highest BCUT2D eigenvalue weighted by molar-refractivity contribution is 9.09. The predicted octanol–water partition coefficient (Wildman–Crippen LogP) is 3.50. The fourth-order valence-electron chi connectivity index (χ4n) is 7.19. The van der Waals surface area contributed by atoms with Gasteiger partial charge in [0.25, 0.3) is 0 Å². The van der Waals surface area contributed by atoms with Crippen LogP contribution in [0.4, 0.5) is 4.39 Å². The first-order valence-electron chi connectivity index (χ1n) is 17.4. The first-order chi connectivity index (χ1) is 24.9. The van der Waals surface area contributed by atoms with Gasteiger partial charge in [0.15, 0.2) is 15.5 Å². The molecular weight excluding hydrogens is 784 g/mol. The van der Waals surface area contributed by atoms with E-state index < -0.39 is 0 Å². The second kappa shape index (κ2) is 17.0. The maximum atomic E-state index is 13.8. The van der Waals surface area contributed by atoms with E-state index in [1.54, 1.807) is 70.5 Å². The van der Waals surface area contributed by atoms with Gasteiger partial charge in [-0.2, -0.15) is 0 Å². The van der Waals surface area contributed by atoms with Gasteiger partial charge in [0, 0.05) is 79.5 Å². The van der Waals surface area contributed by atoms with Crippen LogP contribution in [0.15, 0.2) is 54.1 Å². The summed E-state index contributed by atoms with van der Waals surface area (Å²) in [4.78, 5) is 37.3. The molecule has 2 saturated heterocycles. The van der Waals surface area contributed by atoms with Crippen LogP contribution in [0, 0.1) is 5.82 Å². The molecule has 2 atom stereocenters. The topological polar surface area (TPSA) is 143 Å². The number of benzene rings is 1. The van der Waals surface area contributed by atoms with E-state index in [0.29, 0.717) is 37.3 Å². The standard InChI is InChI=1S/C21H27FN4O2S.C7H10BrN3OS.C4H5N3OS/c22-19-5-2-1-4-15(19)14-28-18-12-16-6-7-17(13-18)24(16)8-3-9-26-21(27)25-10-11-29-20(25)23-26;8-2-1-3-11-7(12)10-4-5-13-6(10)9-11;8-3-5-6-4-7(3)1-2-9-4/h1-2,4-5,16-18H,3,6-14H2;1-5H2;1-2H2,(H,5,8). The third kappa shape index (κ3) is 8.48. The summed E-state index contributed by atoms with van der Waals surface area (Å²) in [5, 5.41) is 18.3. The van der Waals surface area contributed by atoms with Crippen LogP contribution in [0.25, 0.3) is 0 Å². The molecule has 5 aliphatic heterocycles. The second-order valence-corrected chi connectivity index (χ2v) is 16.9. The number of nitrogens with zero attached hydrogens (tertiary/aromatic N) is 9.